The Morgan fingerprint density at radius 3 is 1.76 bits per heavy atom. The Morgan fingerprint density at radius 1 is 0.440 bits per heavy atom. The number of nitrogens with zero attached hydrogens (tertiary/aromatic N) is 4. The van der Waals surface area contributed by atoms with Gasteiger partial charge in [0, 0.05) is 53.3 Å². The third kappa shape index (κ3) is 4.79. The summed E-state index contributed by atoms with van der Waals surface area (Å²) >= 11 is 0.992. The number of benzene rings is 7. The number of aromatic nitrogens is 4. The molecule has 0 radical (unpaired) electrons. The summed E-state index contributed by atoms with van der Waals surface area (Å²) in [5.41, 5.74) is 4.66. The molecule has 4 nitrogen and oxygen atoms in total. The van der Waals surface area contributed by atoms with Crippen LogP contribution in [0.2, 0.25) is 0 Å². The predicted molar refractivity (Wildman–Crippen MR) is 209 cm³/mol. The van der Waals surface area contributed by atoms with Gasteiger partial charge in [0.15, 0.2) is 17.5 Å². The molecule has 0 saturated carbocycles. The van der Waals surface area contributed by atoms with Crippen LogP contribution in [0.4, 0.5) is 0 Å². The zero-order valence-electron chi connectivity index (χ0n) is 36.1. The van der Waals surface area contributed by atoms with Gasteiger partial charge in [0.2, 0.25) is 0 Å². The van der Waals surface area contributed by atoms with Gasteiger partial charge in [-0.1, -0.05) is 127 Å². The molecule has 10 rings (SSSR count). The number of rotatable bonds is 5. The molecule has 7 aromatic carbocycles. The molecule has 0 aliphatic heterocycles. The Morgan fingerprint density at radius 2 is 1.02 bits per heavy atom. The summed E-state index contributed by atoms with van der Waals surface area (Å²) in [5.74, 6) is 1.51. The molecule has 0 spiro atoms. The first-order valence-electron chi connectivity index (χ1n) is 20.9. The third-order valence-corrected chi connectivity index (χ3v) is 9.70. The SMILES string of the molecule is [2H]c1c([2H])c([2H])c2c(sc3c([2H])c4c(c([2H])c32)c2c([2H])c([2H])c([2H])c([2H])c2n4-c2cccc(-c3cccc(-c4nc(-c5ccccc5)nc(-c5ccccc5)n4)c3)c2)c1[2H]. The van der Waals surface area contributed by atoms with Crippen LogP contribution in [0.3, 0.4) is 0 Å². The van der Waals surface area contributed by atoms with Crippen molar-refractivity contribution >= 4 is 53.3 Å². The lowest BCUT2D eigenvalue weighted by Gasteiger charge is -2.12. The van der Waals surface area contributed by atoms with Crippen LogP contribution < -0.4 is 0 Å². The molecule has 3 aromatic heterocycles. The van der Waals surface area contributed by atoms with Gasteiger partial charge in [0.1, 0.15) is 0 Å². The number of thiophene rings is 1. The summed E-state index contributed by atoms with van der Waals surface area (Å²) in [6, 6.07) is 31.0. The van der Waals surface area contributed by atoms with Crippen LogP contribution in [-0.4, -0.2) is 19.5 Å². The Balaban J connectivity index is 1.21. The highest BCUT2D eigenvalue weighted by atomic mass is 32.1. The van der Waals surface area contributed by atoms with Crippen molar-refractivity contribution in [2.24, 2.45) is 0 Å². The van der Waals surface area contributed by atoms with Gasteiger partial charge in [-0.05, 0) is 53.5 Å². The van der Waals surface area contributed by atoms with E-state index in [9.17, 15) is 2.74 Å². The van der Waals surface area contributed by atoms with Crippen LogP contribution in [0, 0.1) is 0 Å². The lowest BCUT2D eigenvalue weighted by Crippen LogP contribution is -2.00. The van der Waals surface area contributed by atoms with Gasteiger partial charge in [-0.25, -0.2) is 15.0 Å². The molecule has 0 amide bonds. The van der Waals surface area contributed by atoms with Crippen LogP contribution in [-0.2, 0) is 0 Å². The Kier molecular flexibility index (Phi) is 4.69. The summed E-state index contributed by atoms with van der Waals surface area (Å²) in [6.07, 6.45) is 0. The van der Waals surface area contributed by atoms with E-state index < -0.39 is 24.2 Å². The highest BCUT2D eigenvalue weighted by Gasteiger charge is 2.17. The number of para-hydroxylation sites is 1. The fraction of sp³-hybridized carbons (Fsp3) is 0. The van der Waals surface area contributed by atoms with E-state index in [1.54, 1.807) is 10.6 Å². The second-order valence-corrected chi connectivity index (χ2v) is 12.7. The van der Waals surface area contributed by atoms with Crippen molar-refractivity contribution < 1.29 is 13.7 Å². The first-order valence-corrected chi connectivity index (χ1v) is 16.7. The van der Waals surface area contributed by atoms with Gasteiger partial charge in [0.25, 0.3) is 0 Å². The molecule has 5 heteroatoms. The molecular weight excluding hydrogens is 629 g/mol. The molecule has 3 heterocycles. The summed E-state index contributed by atoms with van der Waals surface area (Å²) in [6.45, 7) is 0. The van der Waals surface area contributed by atoms with Crippen molar-refractivity contribution in [3.8, 4) is 51.0 Å². The second-order valence-electron chi connectivity index (χ2n) is 11.7. The molecule has 0 aliphatic carbocycles. The van der Waals surface area contributed by atoms with Gasteiger partial charge in [0.05, 0.1) is 24.7 Å². The third-order valence-electron chi connectivity index (χ3n) is 8.68. The molecule has 0 aliphatic rings. The monoisotopic (exact) mass is 666 g/mol. The van der Waals surface area contributed by atoms with Crippen LogP contribution in [0.1, 0.15) is 13.7 Å². The maximum Gasteiger partial charge on any atom is 0.164 e. The number of hydrogen-bond donors (Lipinski definition) is 0. The highest BCUT2D eigenvalue weighted by Crippen LogP contribution is 2.41. The standard InChI is InChI=1S/C45H28N4S/c1-3-13-29(14-4-1)43-46-44(30-15-5-2-6-16-30)48-45(47-43)33-19-11-17-31(25-33)32-18-12-20-34(26-32)49-39-23-9-7-21-35(39)37-27-38-36-22-8-10-24-41(36)50-42(38)28-40(37)49/h1-28H/i7D,8D,9D,10D,21D,22D,23D,24D,27D,28D. The molecule has 0 fully saturated rings. The van der Waals surface area contributed by atoms with E-state index in [-0.39, 0.29) is 78.2 Å². The Labute approximate surface area is 306 Å². The van der Waals surface area contributed by atoms with Crippen molar-refractivity contribution in [3.05, 3.63) is 170 Å². The van der Waals surface area contributed by atoms with Crippen LogP contribution >= 0.6 is 11.3 Å². The molecule has 0 atom stereocenters. The molecule has 10 aromatic rings. The van der Waals surface area contributed by atoms with E-state index in [2.05, 4.69) is 0 Å². The van der Waals surface area contributed by atoms with Crippen molar-refractivity contribution in [2.75, 3.05) is 0 Å². The quantitative estimate of drug-likeness (QED) is 0.184. The van der Waals surface area contributed by atoms with E-state index in [1.165, 1.54) is 0 Å². The largest absolute Gasteiger partial charge is 0.309 e. The summed E-state index contributed by atoms with van der Waals surface area (Å²) in [5, 5.41) is 0.380. The number of fused-ring (bicyclic) bond motifs is 6. The first kappa shape index (κ1) is 20.2. The van der Waals surface area contributed by atoms with E-state index in [0.29, 0.717) is 23.2 Å². The first-order chi connectivity index (χ1) is 28.9. The molecule has 0 saturated heterocycles. The minimum Gasteiger partial charge on any atom is -0.309 e. The average molecular weight is 667 g/mol. The van der Waals surface area contributed by atoms with E-state index >= 15 is 0 Å². The van der Waals surface area contributed by atoms with Gasteiger partial charge in [-0.2, -0.15) is 0 Å². The maximum atomic E-state index is 9.64. The van der Waals surface area contributed by atoms with Gasteiger partial charge >= 0.3 is 0 Å². The molecule has 0 unspecified atom stereocenters. The lowest BCUT2D eigenvalue weighted by molar-refractivity contribution is 1.07. The second kappa shape index (κ2) is 11.6. The molecular formula is C45H28N4S. The normalized spacial score (nSPS) is 14.4. The van der Waals surface area contributed by atoms with E-state index in [4.69, 9.17) is 25.9 Å². The van der Waals surface area contributed by atoms with Crippen LogP contribution in [0.15, 0.2) is 170 Å². The summed E-state index contributed by atoms with van der Waals surface area (Å²) in [7, 11) is 0. The summed E-state index contributed by atoms with van der Waals surface area (Å²) < 4.78 is 90.7. The number of hydrogen-bond acceptors (Lipinski definition) is 4. The Bertz CT molecular complexity index is 3390. The highest BCUT2D eigenvalue weighted by molar-refractivity contribution is 7.25. The zero-order valence-corrected chi connectivity index (χ0v) is 26.9. The Hall–Kier alpha value is -6.43. The smallest absolute Gasteiger partial charge is 0.164 e. The van der Waals surface area contributed by atoms with Crippen molar-refractivity contribution in [3.63, 3.8) is 0 Å². The van der Waals surface area contributed by atoms with Crippen molar-refractivity contribution in [1.82, 2.24) is 19.5 Å². The predicted octanol–water partition coefficient (Wildman–Crippen LogP) is 12.0. The minimum absolute atomic E-state index is 0.0438. The van der Waals surface area contributed by atoms with E-state index in [0.717, 1.165) is 39.2 Å². The molecule has 0 bridgehead atoms. The summed E-state index contributed by atoms with van der Waals surface area (Å²) in [4.78, 5) is 14.6. The average Bonchev–Trinajstić information content (AvgIpc) is 3.88. The fourth-order valence-corrected chi connectivity index (χ4v) is 7.32. The topological polar surface area (TPSA) is 43.6 Å². The van der Waals surface area contributed by atoms with Crippen molar-refractivity contribution in [1.29, 1.82) is 0 Å². The van der Waals surface area contributed by atoms with Crippen LogP contribution in [0.25, 0.3) is 93.0 Å². The van der Waals surface area contributed by atoms with Crippen molar-refractivity contribution in [2.45, 2.75) is 0 Å². The lowest BCUT2D eigenvalue weighted by atomic mass is 10.0. The molecule has 0 N–H and O–H groups in total. The van der Waals surface area contributed by atoms with Crippen LogP contribution in [0.5, 0.6) is 0 Å². The van der Waals surface area contributed by atoms with Gasteiger partial charge in [-0.3, -0.25) is 0 Å². The molecule has 50 heavy (non-hydrogen) atoms. The zero-order chi connectivity index (χ0) is 41.7. The fourth-order valence-electron chi connectivity index (χ4n) is 6.35. The minimum atomic E-state index is -0.496. The molecule has 234 valence electrons. The maximum absolute atomic E-state index is 9.64. The van der Waals surface area contributed by atoms with Gasteiger partial charge < -0.3 is 4.57 Å². The van der Waals surface area contributed by atoms with Gasteiger partial charge in [-0.15, -0.1) is 11.3 Å². The van der Waals surface area contributed by atoms with E-state index in [1.807, 2.05) is 103 Å².